The Morgan fingerprint density at radius 2 is 1.83 bits per heavy atom. The summed E-state index contributed by atoms with van der Waals surface area (Å²) in [5.74, 6) is 0.724. The van der Waals surface area contributed by atoms with E-state index in [1.54, 1.807) is 18.2 Å². The Morgan fingerprint density at radius 1 is 1.13 bits per heavy atom. The molecule has 0 unspecified atom stereocenters. The first kappa shape index (κ1) is 17.5. The normalized spacial score (nSPS) is 12.8. The van der Waals surface area contributed by atoms with Crippen LogP contribution in [0.15, 0.2) is 53.4 Å². The van der Waals surface area contributed by atoms with Crippen LogP contribution in [0.4, 0.5) is 0 Å². The zero-order valence-corrected chi connectivity index (χ0v) is 14.6. The molecule has 0 spiro atoms. The molecule has 23 heavy (non-hydrogen) atoms. The van der Waals surface area contributed by atoms with Crippen LogP contribution in [0, 0.1) is 6.92 Å². The highest BCUT2D eigenvalue weighted by Crippen LogP contribution is 2.23. The lowest BCUT2D eigenvalue weighted by molar-refractivity contribution is 0.315. The summed E-state index contributed by atoms with van der Waals surface area (Å²) < 4.78 is 33.4. The van der Waals surface area contributed by atoms with Crippen LogP contribution < -0.4 is 9.46 Å². The second-order valence-electron chi connectivity index (χ2n) is 5.53. The van der Waals surface area contributed by atoms with Gasteiger partial charge in [0.25, 0.3) is 0 Å². The zero-order chi connectivity index (χ0) is 16.9. The monoisotopic (exact) mass is 333 g/mol. The molecule has 0 fully saturated rings. The van der Waals surface area contributed by atoms with E-state index in [1.165, 1.54) is 0 Å². The molecule has 0 bridgehead atoms. The van der Waals surface area contributed by atoms with Gasteiger partial charge in [-0.15, -0.1) is 0 Å². The van der Waals surface area contributed by atoms with Crippen molar-refractivity contribution in [3.05, 3.63) is 59.7 Å². The van der Waals surface area contributed by atoms with E-state index in [0.717, 1.165) is 23.3 Å². The lowest BCUT2D eigenvalue weighted by atomic mass is 10.1. The first-order chi connectivity index (χ1) is 10.9. The molecule has 2 rings (SSSR count). The maximum absolute atomic E-state index is 12.5. The number of benzene rings is 2. The average Bonchev–Trinajstić information content (AvgIpc) is 2.54. The van der Waals surface area contributed by atoms with Gasteiger partial charge in [-0.2, -0.15) is 0 Å². The summed E-state index contributed by atoms with van der Waals surface area (Å²) in [6.07, 6.45) is 0.912. The molecule has 124 valence electrons. The van der Waals surface area contributed by atoms with Gasteiger partial charge >= 0.3 is 0 Å². The lowest BCUT2D eigenvalue weighted by Gasteiger charge is -2.16. The summed E-state index contributed by atoms with van der Waals surface area (Å²) >= 11 is 0. The third-order valence-corrected chi connectivity index (χ3v) is 5.09. The molecule has 0 aliphatic carbocycles. The van der Waals surface area contributed by atoms with Gasteiger partial charge in [0.2, 0.25) is 10.0 Å². The zero-order valence-electron chi connectivity index (χ0n) is 13.7. The minimum atomic E-state index is -3.57. The van der Waals surface area contributed by atoms with E-state index in [4.69, 9.17) is 4.74 Å². The van der Waals surface area contributed by atoms with E-state index >= 15 is 0 Å². The molecule has 0 aliphatic heterocycles. The first-order valence-electron chi connectivity index (χ1n) is 7.74. The molecular weight excluding hydrogens is 310 g/mol. The minimum Gasteiger partial charge on any atom is -0.493 e. The van der Waals surface area contributed by atoms with Gasteiger partial charge < -0.3 is 4.74 Å². The second-order valence-corrected chi connectivity index (χ2v) is 7.24. The molecule has 0 aliphatic rings. The van der Waals surface area contributed by atoms with Gasteiger partial charge in [0.15, 0.2) is 0 Å². The predicted octanol–water partition coefficient (Wildman–Crippen LogP) is 3.82. The Hall–Kier alpha value is -1.85. The van der Waals surface area contributed by atoms with Crippen LogP contribution in [0.2, 0.25) is 0 Å². The average molecular weight is 333 g/mol. The summed E-state index contributed by atoms with van der Waals surface area (Å²) in [4.78, 5) is 0.252. The summed E-state index contributed by atoms with van der Waals surface area (Å²) in [5.41, 5.74) is 1.74. The molecule has 1 N–H and O–H groups in total. The van der Waals surface area contributed by atoms with Crippen LogP contribution >= 0.6 is 0 Å². The van der Waals surface area contributed by atoms with Crippen LogP contribution in [0.5, 0.6) is 5.75 Å². The van der Waals surface area contributed by atoms with Gasteiger partial charge in [-0.1, -0.05) is 37.3 Å². The highest BCUT2D eigenvalue weighted by Gasteiger charge is 2.19. The van der Waals surface area contributed by atoms with Crippen molar-refractivity contribution in [1.29, 1.82) is 0 Å². The SMILES string of the molecule is CCCOc1ccc(S(=O)(=O)N[C@@H](C)c2ccccc2)cc1C. The van der Waals surface area contributed by atoms with Crippen molar-refractivity contribution in [3.8, 4) is 5.75 Å². The molecule has 4 nitrogen and oxygen atoms in total. The van der Waals surface area contributed by atoms with Gasteiger partial charge in [-0.25, -0.2) is 13.1 Å². The molecule has 0 aromatic heterocycles. The van der Waals surface area contributed by atoms with E-state index < -0.39 is 10.0 Å². The maximum Gasteiger partial charge on any atom is 0.241 e. The Bertz CT molecular complexity index is 742. The van der Waals surface area contributed by atoms with Crippen LogP contribution in [0.25, 0.3) is 0 Å². The number of aryl methyl sites for hydroxylation is 1. The van der Waals surface area contributed by atoms with Crippen molar-refractivity contribution < 1.29 is 13.2 Å². The molecule has 0 heterocycles. The van der Waals surface area contributed by atoms with E-state index in [-0.39, 0.29) is 10.9 Å². The van der Waals surface area contributed by atoms with Crippen molar-refractivity contribution in [2.45, 2.75) is 38.1 Å². The smallest absolute Gasteiger partial charge is 0.241 e. The second kappa shape index (κ2) is 7.62. The number of hydrogen-bond donors (Lipinski definition) is 1. The Kier molecular flexibility index (Phi) is 5.80. The Labute approximate surface area is 138 Å². The Morgan fingerprint density at radius 3 is 2.43 bits per heavy atom. The predicted molar refractivity (Wildman–Crippen MR) is 92.1 cm³/mol. The molecule has 0 radical (unpaired) electrons. The lowest BCUT2D eigenvalue weighted by Crippen LogP contribution is -2.27. The molecule has 2 aromatic carbocycles. The molecule has 0 amide bonds. The molecule has 1 atom stereocenters. The third-order valence-electron chi connectivity index (χ3n) is 3.55. The number of hydrogen-bond acceptors (Lipinski definition) is 3. The quantitative estimate of drug-likeness (QED) is 0.838. The molecular formula is C18H23NO3S. The fraction of sp³-hybridized carbons (Fsp3) is 0.333. The molecule has 0 saturated heterocycles. The van der Waals surface area contributed by atoms with Gasteiger partial charge in [0.05, 0.1) is 11.5 Å². The largest absolute Gasteiger partial charge is 0.493 e. The summed E-state index contributed by atoms with van der Waals surface area (Å²) in [5, 5.41) is 0. The van der Waals surface area contributed by atoms with E-state index in [1.807, 2.05) is 51.1 Å². The van der Waals surface area contributed by atoms with E-state index in [0.29, 0.717) is 6.61 Å². The highest BCUT2D eigenvalue weighted by molar-refractivity contribution is 7.89. The van der Waals surface area contributed by atoms with Crippen LogP contribution in [-0.4, -0.2) is 15.0 Å². The van der Waals surface area contributed by atoms with Crippen molar-refractivity contribution >= 4 is 10.0 Å². The fourth-order valence-corrected chi connectivity index (χ4v) is 3.59. The van der Waals surface area contributed by atoms with E-state index in [2.05, 4.69) is 4.72 Å². The third kappa shape index (κ3) is 4.56. The van der Waals surface area contributed by atoms with Crippen LogP contribution in [-0.2, 0) is 10.0 Å². The van der Waals surface area contributed by atoms with Crippen molar-refractivity contribution in [2.24, 2.45) is 0 Å². The summed E-state index contributed by atoms with van der Waals surface area (Å²) in [7, 11) is -3.57. The van der Waals surface area contributed by atoms with Gasteiger partial charge in [0.1, 0.15) is 5.75 Å². The highest BCUT2D eigenvalue weighted by atomic mass is 32.2. The fourth-order valence-electron chi connectivity index (χ4n) is 2.27. The van der Waals surface area contributed by atoms with Crippen molar-refractivity contribution in [1.82, 2.24) is 4.72 Å². The number of ether oxygens (including phenoxy) is 1. The first-order valence-corrected chi connectivity index (χ1v) is 9.23. The minimum absolute atomic E-state index is 0.252. The summed E-state index contributed by atoms with van der Waals surface area (Å²) in [6.45, 7) is 6.34. The Balaban J connectivity index is 2.18. The molecule has 5 heteroatoms. The van der Waals surface area contributed by atoms with Crippen molar-refractivity contribution in [2.75, 3.05) is 6.61 Å². The van der Waals surface area contributed by atoms with Crippen LogP contribution in [0.3, 0.4) is 0 Å². The molecule has 0 saturated carbocycles. The number of nitrogens with one attached hydrogen (secondary N) is 1. The summed E-state index contributed by atoms with van der Waals surface area (Å²) in [6, 6.07) is 14.1. The number of rotatable bonds is 7. The van der Waals surface area contributed by atoms with E-state index in [9.17, 15) is 8.42 Å². The topological polar surface area (TPSA) is 55.4 Å². The molecule has 2 aromatic rings. The van der Waals surface area contributed by atoms with Crippen LogP contribution in [0.1, 0.15) is 37.4 Å². The van der Waals surface area contributed by atoms with Gasteiger partial charge in [-0.3, -0.25) is 0 Å². The van der Waals surface area contributed by atoms with Crippen molar-refractivity contribution in [3.63, 3.8) is 0 Å². The maximum atomic E-state index is 12.5. The number of sulfonamides is 1. The standard InChI is InChI=1S/C18H23NO3S/c1-4-12-22-18-11-10-17(13-14(18)2)23(20,21)19-15(3)16-8-6-5-7-9-16/h5-11,13,15,19H,4,12H2,1-3H3/t15-/m0/s1. The van der Waals surface area contributed by atoms with Gasteiger partial charge in [0, 0.05) is 6.04 Å². The van der Waals surface area contributed by atoms with Gasteiger partial charge in [-0.05, 0) is 49.6 Å².